The molecule has 2 aliphatic rings. The smallest absolute Gasteiger partial charge is 0.275 e. The van der Waals surface area contributed by atoms with Gasteiger partial charge in [0.1, 0.15) is 12.2 Å². The second-order valence-corrected chi connectivity index (χ2v) is 9.03. The van der Waals surface area contributed by atoms with E-state index in [2.05, 4.69) is 20.0 Å². The fourth-order valence-electron chi connectivity index (χ4n) is 3.88. The van der Waals surface area contributed by atoms with Crippen LogP contribution < -0.4 is 15.2 Å². The number of halogens is 2. The molecule has 0 atom stereocenters. The van der Waals surface area contributed by atoms with Gasteiger partial charge in [0.15, 0.2) is 5.75 Å². The van der Waals surface area contributed by atoms with Crippen LogP contribution in [0.5, 0.6) is 5.75 Å². The molecule has 1 aromatic carbocycles. The first-order valence-corrected chi connectivity index (χ1v) is 11.5. The molecule has 0 spiro atoms. The topological polar surface area (TPSA) is 96.9 Å². The highest BCUT2D eigenvalue weighted by Crippen LogP contribution is 2.39. The van der Waals surface area contributed by atoms with Crippen LogP contribution in [0, 0.1) is 11.3 Å². The maximum atomic E-state index is 12.7. The van der Waals surface area contributed by atoms with Gasteiger partial charge in [0.25, 0.3) is 5.56 Å². The molecule has 1 saturated heterocycles. The van der Waals surface area contributed by atoms with Crippen LogP contribution in [-0.2, 0) is 0 Å². The van der Waals surface area contributed by atoms with Crippen LogP contribution in [0.4, 0.5) is 5.95 Å². The third-order valence-corrected chi connectivity index (χ3v) is 6.61. The Kier molecular flexibility index (Phi) is 5.92. The molecule has 0 unspecified atom stereocenters. The standard InChI is InChI=1S/C23H20Cl2N6O2/c24-18-4-3-16(9-19(18)25)31-22(32)10-21(20(11-26)29-31)33-17-5-7-30(8-6-17)23-27-12-15(13-28-23)14-1-2-14/h3-4,9-10,12-14,17H,1-2,5-8H2. The molecule has 168 valence electrons. The van der Waals surface area contributed by atoms with Crippen molar-refractivity contribution in [2.45, 2.75) is 37.7 Å². The van der Waals surface area contributed by atoms with E-state index in [0.29, 0.717) is 34.5 Å². The third kappa shape index (κ3) is 4.65. The summed E-state index contributed by atoms with van der Waals surface area (Å²) in [6, 6.07) is 8.01. The van der Waals surface area contributed by atoms with Crippen LogP contribution in [-0.4, -0.2) is 38.9 Å². The molecule has 3 aromatic rings. The average molecular weight is 483 g/mol. The summed E-state index contributed by atoms with van der Waals surface area (Å²) in [4.78, 5) is 23.8. The maximum absolute atomic E-state index is 12.7. The van der Waals surface area contributed by atoms with Gasteiger partial charge in [0.05, 0.1) is 21.8 Å². The van der Waals surface area contributed by atoms with Gasteiger partial charge in [0, 0.05) is 38.3 Å². The number of rotatable bonds is 5. The van der Waals surface area contributed by atoms with E-state index >= 15 is 0 Å². The highest BCUT2D eigenvalue weighted by molar-refractivity contribution is 6.42. The number of ether oxygens (including phenoxy) is 1. The van der Waals surface area contributed by atoms with Crippen LogP contribution >= 0.6 is 23.2 Å². The second kappa shape index (κ2) is 9.00. The van der Waals surface area contributed by atoms with E-state index in [0.717, 1.165) is 23.7 Å². The van der Waals surface area contributed by atoms with Crippen molar-refractivity contribution in [3.8, 4) is 17.5 Å². The predicted molar refractivity (Wildman–Crippen MR) is 124 cm³/mol. The number of aromatic nitrogens is 4. The highest BCUT2D eigenvalue weighted by atomic mass is 35.5. The number of hydrogen-bond acceptors (Lipinski definition) is 7. The van der Waals surface area contributed by atoms with Crippen LogP contribution in [0.25, 0.3) is 5.69 Å². The predicted octanol–water partition coefficient (Wildman–Crippen LogP) is 4.13. The Labute approximate surface area is 200 Å². The van der Waals surface area contributed by atoms with E-state index in [9.17, 15) is 10.1 Å². The van der Waals surface area contributed by atoms with Crippen molar-refractivity contribution in [3.05, 3.63) is 68.3 Å². The van der Waals surface area contributed by atoms with Gasteiger partial charge in [-0.1, -0.05) is 23.2 Å². The van der Waals surface area contributed by atoms with Crippen LogP contribution in [0.1, 0.15) is 42.9 Å². The average Bonchev–Trinajstić information content (AvgIpc) is 3.67. The number of nitrogens with zero attached hydrogens (tertiary/aromatic N) is 6. The molecule has 3 heterocycles. The quantitative estimate of drug-likeness (QED) is 0.539. The first-order chi connectivity index (χ1) is 16.0. The van der Waals surface area contributed by atoms with E-state index in [1.807, 2.05) is 18.5 Å². The van der Waals surface area contributed by atoms with Crippen molar-refractivity contribution in [2.24, 2.45) is 0 Å². The normalized spacial score (nSPS) is 16.5. The Morgan fingerprint density at radius 3 is 2.39 bits per heavy atom. The van der Waals surface area contributed by atoms with E-state index in [4.69, 9.17) is 27.9 Å². The summed E-state index contributed by atoms with van der Waals surface area (Å²) in [5.41, 5.74) is 1.23. The number of nitriles is 1. The minimum absolute atomic E-state index is 0.0297. The zero-order valence-electron chi connectivity index (χ0n) is 17.6. The van der Waals surface area contributed by atoms with Crippen LogP contribution in [0.2, 0.25) is 10.0 Å². The maximum Gasteiger partial charge on any atom is 0.275 e. The Balaban J connectivity index is 1.27. The van der Waals surface area contributed by atoms with Gasteiger partial charge in [-0.25, -0.2) is 9.97 Å². The van der Waals surface area contributed by atoms with Crippen molar-refractivity contribution in [3.63, 3.8) is 0 Å². The van der Waals surface area contributed by atoms with Gasteiger partial charge in [-0.15, -0.1) is 5.10 Å². The minimum Gasteiger partial charge on any atom is -0.487 e. The lowest BCUT2D eigenvalue weighted by Crippen LogP contribution is -2.39. The van der Waals surface area contributed by atoms with E-state index in [1.165, 1.54) is 30.5 Å². The molecular formula is C23H20Cl2N6O2. The highest BCUT2D eigenvalue weighted by Gasteiger charge is 2.26. The van der Waals surface area contributed by atoms with Gasteiger partial charge in [-0.3, -0.25) is 4.79 Å². The lowest BCUT2D eigenvalue weighted by atomic mass is 10.1. The number of hydrogen-bond donors (Lipinski definition) is 0. The molecule has 1 aliphatic heterocycles. The molecule has 1 aliphatic carbocycles. The Hall–Kier alpha value is -3.15. The number of piperidine rings is 1. The number of benzene rings is 1. The molecular weight excluding hydrogens is 463 g/mol. The van der Waals surface area contributed by atoms with E-state index < -0.39 is 5.56 Å². The molecule has 1 saturated carbocycles. The van der Waals surface area contributed by atoms with Gasteiger partial charge in [-0.2, -0.15) is 9.94 Å². The van der Waals surface area contributed by atoms with E-state index in [1.54, 1.807) is 12.1 Å². The summed E-state index contributed by atoms with van der Waals surface area (Å²) in [6.45, 7) is 1.45. The molecule has 33 heavy (non-hydrogen) atoms. The van der Waals surface area contributed by atoms with Gasteiger partial charge in [0.2, 0.25) is 11.6 Å². The van der Waals surface area contributed by atoms with E-state index in [-0.39, 0.29) is 17.5 Å². The minimum atomic E-state index is -0.427. The zero-order valence-corrected chi connectivity index (χ0v) is 19.1. The van der Waals surface area contributed by atoms with Crippen molar-refractivity contribution in [1.29, 1.82) is 5.26 Å². The lowest BCUT2D eigenvalue weighted by Gasteiger charge is -2.32. The Bertz CT molecular complexity index is 1280. The summed E-state index contributed by atoms with van der Waals surface area (Å²) < 4.78 is 7.13. The molecule has 10 heteroatoms. The Morgan fingerprint density at radius 1 is 1.03 bits per heavy atom. The van der Waals surface area contributed by atoms with Gasteiger partial charge in [-0.05, 0) is 42.5 Å². The SMILES string of the molecule is N#Cc1nn(-c2ccc(Cl)c(Cl)c2)c(=O)cc1OC1CCN(c2ncc(C3CC3)cn2)CC1. The molecule has 5 rings (SSSR count). The first-order valence-electron chi connectivity index (χ1n) is 10.8. The third-order valence-electron chi connectivity index (χ3n) is 5.88. The van der Waals surface area contributed by atoms with Crippen molar-refractivity contribution < 1.29 is 4.74 Å². The number of anilines is 1. The van der Waals surface area contributed by atoms with Crippen LogP contribution in [0.3, 0.4) is 0 Å². The fourth-order valence-corrected chi connectivity index (χ4v) is 4.18. The molecule has 0 radical (unpaired) electrons. The zero-order chi connectivity index (χ0) is 22.9. The van der Waals surface area contributed by atoms with Gasteiger partial charge < -0.3 is 9.64 Å². The molecule has 0 bridgehead atoms. The second-order valence-electron chi connectivity index (χ2n) is 8.21. The fraction of sp³-hybridized carbons (Fsp3) is 0.348. The van der Waals surface area contributed by atoms with Crippen LogP contribution in [0.15, 0.2) is 41.5 Å². The summed E-state index contributed by atoms with van der Waals surface area (Å²) in [7, 11) is 0. The first kappa shape index (κ1) is 21.7. The summed E-state index contributed by atoms with van der Waals surface area (Å²) >= 11 is 12.0. The largest absolute Gasteiger partial charge is 0.487 e. The monoisotopic (exact) mass is 482 g/mol. The van der Waals surface area contributed by atoms with Gasteiger partial charge >= 0.3 is 0 Å². The van der Waals surface area contributed by atoms with Crippen molar-refractivity contribution in [1.82, 2.24) is 19.7 Å². The summed E-state index contributed by atoms with van der Waals surface area (Å²) in [5, 5.41) is 14.4. The lowest BCUT2D eigenvalue weighted by molar-refractivity contribution is 0.168. The Morgan fingerprint density at radius 2 is 1.76 bits per heavy atom. The van der Waals surface area contributed by atoms with Crippen molar-refractivity contribution in [2.75, 3.05) is 18.0 Å². The molecule has 0 amide bonds. The molecule has 2 aromatic heterocycles. The summed E-state index contributed by atoms with van der Waals surface area (Å²) in [6.07, 6.45) is 7.60. The van der Waals surface area contributed by atoms with Crippen molar-refractivity contribution >= 4 is 29.2 Å². The molecule has 0 N–H and O–H groups in total. The molecule has 2 fully saturated rings. The summed E-state index contributed by atoms with van der Waals surface area (Å²) in [5.74, 6) is 1.54. The molecule has 8 nitrogen and oxygen atoms in total.